The van der Waals surface area contributed by atoms with Crippen molar-refractivity contribution in [2.24, 2.45) is 5.73 Å². The summed E-state index contributed by atoms with van der Waals surface area (Å²) in [6.45, 7) is 0.978. The van der Waals surface area contributed by atoms with E-state index in [0.29, 0.717) is 25.2 Å². The average Bonchev–Trinajstić information content (AvgIpc) is 3.03. The van der Waals surface area contributed by atoms with E-state index in [0.717, 1.165) is 17.0 Å². The summed E-state index contributed by atoms with van der Waals surface area (Å²) < 4.78 is 0. The first-order valence-electron chi connectivity index (χ1n) is 7.42. The van der Waals surface area contributed by atoms with Crippen molar-refractivity contribution in [3.8, 4) is 0 Å². The van der Waals surface area contributed by atoms with Gasteiger partial charge >= 0.3 is 0 Å². The van der Waals surface area contributed by atoms with E-state index in [1.807, 2.05) is 30.3 Å². The minimum absolute atomic E-state index is 0. The van der Waals surface area contributed by atoms with Crippen molar-refractivity contribution in [3.05, 3.63) is 52.0 Å². The highest BCUT2D eigenvalue weighted by Crippen LogP contribution is 2.09. The smallest absolute Gasteiger partial charge is 0.271 e. The van der Waals surface area contributed by atoms with Crippen LogP contribution >= 0.6 is 23.7 Å². The number of nitrogens with two attached hydrogens (primary N) is 1. The lowest BCUT2D eigenvalue weighted by Gasteiger charge is -2.06. The van der Waals surface area contributed by atoms with E-state index in [-0.39, 0.29) is 30.8 Å². The first kappa shape index (κ1) is 20.1. The van der Waals surface area contributed by atoms with Gasteiger partial charge in [-0.2, -0.15) is 0 Å². The van der Waals surface area contributed by atoms with Gasteiger partial charge in [0.25, 0.3) is 5.91 Å². The fraction of sp³-hybridized carbons (Fsp3) is 0.312. The summed E-state index contributed by atoms with van der Waals surface area (Å²) in [5.74, 6) is -0.561. The summed E-state index contributed by atoms with van der Waals surface area (Å²) in [4.78, 5) is 27.8. The summed E-state index contributed by atoms with van der Waals surface area (Å²) in [5, 5.41) is 7.84. The molecule has 2 aromatic rings. The number of nitrogens with zero attached hydrogens (tertiary/aromatic N) is 1. The molecule has 2 amide bonds. The van der Waals surface area contributed by atoms with Gasteiger partial charge < -0.3 is 16.4 Å². The van der Waals surface area contributed by atoms with Crippen LogP contribution < -0.4 is 16.4 Å². The lowest BCUT2D eigenvalue weighted by atomic mass is 10.1. The third kappa shape index (κ3) is 6.66. The van der Waals surface area contributed by atoms with Crippen LogP contribution in [0.4, 0.5) is 0 Å². The van der Waals surface area contributed by atoms with Gasteiger partial charge in [0, 0.05) is 18.3 Å². The molecule has 0 atom stereocenters. The number of hydrogen-bond acceptors (Lipinski definition) is 5. The van der Waals surface area contributed by atoms with Crippen LogP contribution in [0.15, 0.2) is 35.7 Å². The molecular formula is C16H21ClN4O2S. The third-order valence-corrected chi connectivity index (χ3v) is 4.04. The van der Waals surface area contributed by atoms with Gasteiger partial charge in [0.2, 0.25) is 5.91 Å². The Balaban J connectivity index is 0.00000288. The van der Waals surface area contributed by atoms with Crippen molar-refractivity contribution < 1.29 is 9.59 Å². The zero-order valence-electron chi connectivity index (χ0n) is 13.2. The topological polar surface area (TPSA) is 97.1 Å². The van der Waals surface area contributed by atoms with E-state index >= 15 is 0 Å². The van der Waals surface area contributed by atoms with Crippen molar-refractivity contribution >= 4 is 35.6 Å². The van der Waals surface area contributed by atoms with E-state index in [1.54, 1.807) is 5.38 Å². The summed E-state index contributed by atoms with van der Waals surface area (Å²) in [7, 11) is 0. The molecule has 8 heteroatoms. The van der Waals surface area contributed by atoms with E-state index in [4.69, 9.17) is 5.73 Å². The van der Waals surface area contributed by atoms with Gasteiger partial charge in [-0.05, 0) is 18.5 Å². The van der Waals surface area contributed by atoms with Crippen LogP contribution in [-0.4, -0.2) is 36.4 Å². The number of halogens is 1. The third-order valence-electron chi connectivity index (χ3n) is 3.13. The molecule has 0 aliphatic carbocycles. The Bertz CT molecular complexity index is 649. The van der Waals surface area contributed by atoms with Crippen molar-refractivity contribution in [2.75, 3.05) is 19.6 Å². The van der Waals surface area contributed by atoms with Crippen LogP contribution in [0.2, 0.25) is 0 Å². The number of rotatable bonds is 8. The molecule has 0 saturated heterocycles. The zero-order chi connectivity index (χ0) is 16.5. The van der Waals surface area contributed by atoms with Gasteiger partial charge in [0.15, 0.2) is 0 Å². The summed E-state index contributed by atoms with van der Waals surface area (Å²) in [5.41, 5.74) is 6.93. The van der Waals surface area contributed by atoms with Gasteiger partial charge in [-0.25, -0.2) is 4.98 Å². The number of hydrogen-bond donors (Lipinski definition) is 3. The molecular weight excluding hydrogens is 348 g/mol. The van der Waals surface area contributed by atoms with Crippen molar-refractivity contribution in [2.45, 2.75) is 12.8 Å². The van der Waals surface area contributed by atoms with Gasteiger partial charge in [0.1, 0.15) is 5.69 Å². The highest BCUT2D eigenvalue weighted by molar-refractivity contribution is 7.09. The molecule has 2 rings (SSSR count). The second-order valence-electron chi connectivity index (χ2n) is 4.93. The van der Waals surface area contributed by atoms with Crippen LogP contribution in [-0.2, 0) is 17.6 Å². The summed E-state index contributed by atoms with van der Waals surface area (Å²) in [6, 6.07) is 9.90. The number of aromatic nitrogens is 1. The number of carbonyl (C=O) groups is 2. The maximum atomic E-state index is 11.9. The first-order valence-corrected chi connectivity index (χ1v) is 8.30. The molecule has 6 nitrogen and oxygen atoms in total. The van der Waals surface area contributed by atoms with Crippen molar-refractivity contribution in [3.63, 3.8) is 0 Å². The number of nitrogens with one attached hydrogen (secondary N) is 2. The van der Waals surface area contributed by atoms with Crippen LogP contribution in [0.25, 0.3) is 0 Å². The standard InChI is InChI=1S/C16H20N4O2S.ClH/c17-8-6-15-20-13(11-23-15)16(22)19-10-14(21)18-9-7-12-4-2-1-3-5-12;/h1-5,11H,6-10,17H2,(H,18,21)(H,19,22);1H. The maximum Gasteiger partial charge on any atom is 0.271 e. The van der Waals surface area contributed by atoms with Gasteiger partial charge in [-0.3, -0.25) is 9.59 Å². The molecule has 0 bridgehead atoms. The Labute approximate surface area is 151 Å². The molecule has 0 aliphatic rings. The minimum atomic E-state index is -0.345. The van der Waals surface area contributed by atoms with Crippen LogP contribution in [0.3, 0.4) is 0 Å². The normalized spacial score (nSPS) is 9.88. The van der Waals surface area contributed by atoms with Crippen molar-refractivity contribution in [1.29, 1.82) is 0 Å². The number of carbonyl (C=O) groups excluding carboxylic acids is 2. The molecule has 0 radical (unpaired) electrons. The Kier molecular flexibility index (Phi) is 8.99. The lowest BCUT2D eigenvalue weighted by Crippen LogP contribution is -2.37. The second-order valence-corrected chi connectivity index (χ2v) is 5.88. The average molecular weight is 369 g/mol. The molecule has 4 N–H and O–H groups in total. The molecule has 0 spiro atoms. The SMILES string of the molecule is Cl.NCCc1nc(C(=O)NCC(=O)NCCc2ccccc2)cs1. The number of amides is 2. The highest BCUT2D eigenvalue weighted by Gasteiger charge is 2.11. The predicted octanol–water partition coefficient (Wildman–Crippen LogP) is 1.15. The second kappa shape index (κ2) is 10.7. The maximum absolute atomic E-state index is 11.9. The van der Waals surface area contributed by atoms with Crippen LogP contribution in [0.1, 0.15) is 21.1 Å². The lowest BCUT2D eigenvalue weighted by molar-refractivity contribution is -0.120. The molecule has 1 heterocycles. The summed E-state index contributed by atoms with van der Waals surface area (Å²) >= 11 is 1.40. The Morgan fingerprint density at radius 2 is 1.88 bits per heavy atom. The monoisotopic (exact) mass is 368 g/mol. The molecule has 1 aromatic heterocycles. The largest absolute Gasteiger partial charge is 0.354 e. The number of benzene rings is 1. The highest BCUT2D eigenvalue weighted by atomic mass is 35.5. The fourth-order valence-electron chi connectivity index (χ4n) is 1.96. The Morgan fingerprint density at radius 1 is 1.12 bits per heavy atom. The molecule has 1 aromatic carbocycles. The minimum Gasteiger partial charge on any atom is -0.354 e. The molecule has 0 fully saturated rings. The molecule has 24 heavy (non-hydrogen) atoms. The zero-order valence-corrected chi connectivity index (χ0v) is 14.8. The van der Waals surface area contributed by atoms with E-state index in [9.17, 15) is 9.59 Å². The van der Waals surface area contributed by atoms with Crippen LogP contribution in [0.5, 0.6) is 0 Å². The molecule has 130 valence electrons. The van der Waals surface area contributed by atoms with E-state index in [2.05, 4.69) is 15.6 Å². The van der Waals surface area contributed by atoms with E-state index < -0.39 is 0 Å². The Morgan fingerprint density at radius 3 is 2.58 bits per heavy atom. The predicted molar refractivity (Wildman–Crippen MR) is 97.6 cm³/mol. The quantitative estimate of drug-likeness (QED) is 0.651. The fourth-order valence-corrected chi connectivity index (χ4v) is 2.75. The van der Waals surface area contributed by atoms with Gasteiger partial charge in [-0.15, -0.1) is 23.7 Å². The molecule has 0 saturated carbocycles. The summed E-state index contributed by atoms with van der Waals surface area (Å²) in [6.07, 6.45) is 1.41. The van der Waals surface area contributed by atoms with Crippen LogP contribution in [0, 0.1) is 0 Å². The molecule has 0 unspecified atom stereocenters. The van der Waals surface area contributed by atoms with E-state index in [1.165, 1.54) is 11.3 Å². The molecule has 0 aliphatic heterocycles. The first-order chi connectivity index (χ1) is 11.2. The van der Waals surface area contributed by atoms with Crippen molar-refractivity contribution in [1.82, 2.24) is 15.6 Å². The van der Waals surface area contributed by atoms with Gasteiger partial charge in [-0.1, -0.05) is 30.3 Å². The number of thiazole rings is 1. The Hall–Kier alpha value is -1.96. The van der Waals surface area contributed by atoms with Gasteiger partial charge in [0.05, 0.1) is 11.6 Å².